The zero-order valence-electron chi connectivity index (χ0n) is 5.96. The normalized spacial score (nSPS) is 25.7. The van der Waals surface area contributed by atoms with Crippen LogP contribution in [0.2, 0.25) is 0 Å². The average Bonchev–Trinajstić information content (AvgIpc) is 1.88. The highest BCUT2D eigenvalue weighted by Crippen LogP contribution is 2.04. The van der Waals surface area contributed by atoms with Crippen molar-refractivity contribution < 1.29 is 15.2 Å². The molecule has 0 radical (unpaired) electrons. The molecule has 0 amide bonds. The summed E-state index contributed by atoms with van der Waals surface area (Å²) in [5, 5.41) is 12.2. The molecular weight excluding hydrogens is 130 g/mol. The van der Waals surface area contributed by atoms with Crippen LogP contribution in [0.5, 0.6) is 0 Å². The van der Waals surface area contributed by atoms with Crippen molar-refractivity contribution in [2.45, 2.75) is 13.3 Å². The Labute approximate surface area is 59.7 Å². The van der Waals surface area contributed by atoms with Crippen molar-refractivity contribution in [2.75, 3.05) is 6.54 Å². The van der Waals surface area contributed by atoms with E-state index in [0.29, 0.717) is 13.0 Å². The summed E-state index contributed by atoms with van der Waals surface area (Å²) in [6, 6.07) is 0. The summed E-state index contributed by atoms with van der Waals surface area (Å²) in [5.74, 6) is -1.22. The van der Waals surface area contributed by atoms with Gasteiger partial charge in [0, 0.05) is 6.92 Å². The Bertz CT molecular complexity index is 174. The molecule has 0 saturated carbocycles. The predicted molar refractivity (Wildman–Crippen MR) is 33.7 cm³/mol. The Morgan fingerprint density at radius 3 is 3.00 bits per heavy atom. The van der Waals surface area contributed by atoms with Crippen molar-refractivity contribution in [1.82, 2.24) is 0 Å². The van der Waals surface area contributed by atoms with Gasteiger partial charge in [-0.3, -0.25) is 0 Å². The molecule has 0 saturated heterocycles. The number of hydrogen-bond donors (Lipinski definition) is 1. The van der Waals surface area contributed by atoms with E-state index >= 15 is 0 Å². The van der Waals surface area contributed by atoms with Crippen LogP contribution in [0.15, 0.2) is 11.8 Å². The Morgan fingerprint density at radius 2 is 2.60 bits per heavy atom. The number of rotatable bonds is 1. The smallest absolute Gasteiger partial charge is 0.0983 e. The Balaban J connectivity index is 2.50. The minimum absolute atomic E-state index is 0.288. The summed E-state index contributed by atoms with van der Waals surface area (Å²) in [5.41, 5.74) is 1.18. The summed E-state index contributed by atoms with van der Waals surface area (Å²) < 4.78 is 0. The number of allylic oxidation sites excluding steroid dienone is 2. The lowest BCUT2D eigenvalue weighted by Gasteiger charge is -2.18. The topological polar surface area (TPSA) is 56.7 Å². The Morgan fingerprint density at radius 1 is 1.90 bits per heavy atom. The molecule has 1 aliphatic rings. The van der Waals surface area contributed by atoms with E-state index in [1.165, 1.54) is 5.70 Å². The molecule has 1 heterocycles. The second-order valence-corrected chi connectivity index (χ2v) is 2.64. The maximum absolute atomic E-state index is 10.3. The van der Waals surface area contributed by atoms with Gasteiger partial charge in [-0.05, 0) is 12.5 Å². The largest absolute Gasteiger partial charge is 0.550 e. The number of carbonyl (C=O) groups is 1. The Hall–Kier alpha value is -0.830. The molecule has 2 N–H and O–H groups in total. The maximum Gasteiger partial charge on any atom is 0.0983 e. The molecule has 0 fully saturated rings. The van der Waals surface area contributed by atoms with Crippen molar-refractivity contribution in [3.8, 4) is 0 Å². The van der Waals surface area contributed by atoms with Crippen molar-refractivity contribution in [3.05, 3.63) is 11.8 Å². The lowest BCUT2D eigenvalue weighted by Crippen LogP contribution is -2.84. The summed E-state index contributed by atoms with van der Waals surface area (Å²) in [6.07, 6.45) is 2.56. The van der Waals surface area contributed by atoms with Crippen molar-refractivity contribution in [1.29, 1.82) is 0 Å². The number of nitrogens with two attached hydrogens (primary N) is 1. The number of carboxylic acids is 1. The van der Waals surface area contributed by atoms with Gasteiger partial charge < -0.3 is 15.2 Å². The molecule has 0 aromatic heterocycles. The third-order valence-electron chi connectivity index (χ3n) is 1.78. The van der Waals surface area contributed by atoms with Crippen LogP contribution in [-0.4, -0.2) is 12.5 Å². The second-order valence-electron chi connectivity index (χ2n) is 2.64. The van der Waals surface area contributed by atoms with Crippen molar-refractivity contribution >= 4 is 5.97 Å². The molecule has 56 valence electrons. The lowest BCUT2D eigenvalue weighted by atomic mass is 10.0. The monoisotopic (exact) mass is 141 g/mol. The average molecular weight is 141 g/mol. The van der Waals surface area contributed by atoms with Gasteiger partial charge in [-0.1, -0.05) is 0 Å². The van der Waals surface area contributed by atoms with E-state index in [1.807, 2.05) is 18.3 Å². The highest BCUT2D eigenvalue weighted by molar-refractivity contribution is 5.68. The third kappa shape index (κ3) is 1.57. The molecule has 0 aromatic carbocycles. The summed E-state index contributed by atoms with van der Waals surface area (Å²) in [7, 11) is 0. The minimum atomic E-state index is -0.931. The molecule has 0 spiro atoms. The van der Waals surface area contributed by atoms with Gasteiger partial charge in [-0.25, -0.2) is 0 Å². The van der Waals surface area contributed by atoms with E-state index in [1.54, 1.807) is 0 Å². The first-order valence-electron chi connectivity index (χ1n) is 3.41. The molecule has 0 aromatic rings. The van der Waals surface area contributed by atoms with Crippen LogP contribution in [0.3, 0.4) is 0 Å². The van der Waals surface area contributed by atoms with Gasteiger partial charge >= 0.3 is 0 Å². The first-order chi connectivity index (χ1) is 4.70. The van der Waals surface area contributed by atoms with E-state index < -0.39 is 5.97 Å². The summed E-state index contributed by atoms with van der Waals surface area (Å²) in [6.45, 7) is 2.61. The van der Waals surface area contributed by atoms with Gasteiger partial charge in [-0.15, -0.1) is 0 Å². The van der Waals surface area contributed by atoms with Gasteiger partial charge in [0.05, 0.1) is 24.1 Å². The zero-order valence-corrected chi connectivity index (χ0v) is 5.96. The van der Waals surface area contributed by atoms with Gasteiger partial charge in [-0.2, -0.15) is 0 Å². The van der Waals surface area contributed by atoms with Gasteiger partial charge in [0.1, 0.15) is 0 Å². The molecule has 0 bridgehead atoms. The highest BCUT2D eigenvalue weighted by atomic mass is 16.4. The van der Waals surface area contributed by atoms with Crippen LogP contribution in [0.25, 0.3) is 0 Å². The van der Waals surface area contributed by atoms with E-state index in [-0.39, 0.29) is 5.92 Å². The molecule has 1 rings (SSSR count). The zero-order chi connectivity index (χ0) is 7.56. The molecule has 10 heavy (non-hydrogen) atoms. The fourth-order valence-corrected chi connectivity index (χ4v) is 1.03. The molecular formula is C7H11NO2. The molecule has 0 aliphatic carbocycles. The first-order valence-corrected chi connectivity index (χ1v) is 3.41. The number of quaternary nitrogens is 1. The van der Waals surface area contributed by atoms with Crippen LogP contribution in [0, 0.1) is 5.92 Å². The molecule has 1 aliphatic heterocycles. The van der Waals surface area contributed by atoms with Crippen LogP contribution in [0.1, 0.15) is 13.3 Å². The maximum atomic E-state index is 10.3. The Kier molecular flexibility index (Phi) is 2.06. The van der Waals surface area contributed by atoms with E-state index in [4.69, 9.17) is 0 Å². The van der Waals surface area contributed by atoms with Gasteiger partial charge in [0.15, 0.2) is 0 Å². The molecule has 0 unspecified atom stereocenters. The van der Waals surface area contributed by atoms with Gasteiger partial charge in [0.2, 0.25) is 0 Å². The van der Waals surface area contributed by atoms with E-state index in [9.17, 15) is 9.90 Å². The third-order valence-corrected chi connectivity index (χ3v) is 1.78. The van der Waals surface area contributed by atoms with Crippen molar-refractivity contribution in [2.24, 2.45) is 5.92 Å². The fourth-order valence-electron chi connectivity index (χ4n) is 1.03. The number of aliphatic carboxylic acids is 1. The number of hydrogen-bond acceptors (Lipinski definition) is 2. The SMILES string of the molecule is CC1=CC[C@@H](C(=O)[O-])C[NH2+]1. The van der Waals surface area contributed by atoms with Crippen LogP contribution in [-0.2, 0) is 4.79 Å². The lowest BCUT2D eigenvalue weighted by molar-refractivity contribution is -0.615. The highest BCUT2D eigenvalue weighted by Gasteiger charge is 2.15. The molecule has 1 atom stereocenters. The molecule has 3 heteroatoms. The van der Waals surface area contributed by atoms with E-state index in [2.05, 4.69) is 0 Å². The van der Waals surface area contributed by atoms with Crippen LogP contribution in [0.4, 0.5) is 0 Å². The van der Waals surface area contributed by atoms with Crippen LogP contribution >= 0.6 is 0 Å². The second kappa shape index (κ2) is 2.84. The standard InChI is InChI=1S/C7H11NO2/c1-5-2-3-6(4-8-5)7(9)10/h2,6,8H,3-4H2,1H3,(H,9,10)/t6-/m1/s1. The fraction of sp³-hybridized carbons (Fsp3) is 0.571. The summed E-state index contributed by atoms with van der Waals surface area (Å²) >= 11 is 0. The quantitative estimate of drug-likeness (QED) is 0.469. The van der Waals surface area contributed by atoms with Crippen LogP contribution < -0.4 is 10.4 Å². The molecule has 3 nitrogen and oxygen atoms in total. The number of carbonyl (C=O) groups excluding carboxylic acids is 1. The van der Waals surface area contributed by atoms with Gasteiger partial charge in [0.25, 0.3) is 0 Å². The minimum Gasteiger partial charge on any atom is -0.550 e. The number of carboxylic acid groups (broad SMARTS) is 1. The van der Waals surface area contributed by atoms with Crippen molar-refractivity contribution in [3.63, 3.8) is 0 Å². The van der Waals surface area contributed by atoms with E-state index in [0.717, 1.165) is 0 Å². The summed E-state index contributed by atoms with van der Waals surface area (Å²) in [4.78, 5) is 10.3. The first kappa shape index (κ1) is 7.28. The predicted octanol–water partition coefficient (Wildman–Crippen LogP) is -1.78.